The number of thioether (sulfide) groups is 1. The number of amides is 2. The number of fused-ring (bicyclic) bond motifs is 1. The molecule has 1 aromatic carbocycles. The first-order valence-corrected chi connectivity index (χ1v) is 9.75. The molecule has 140 valence electrons. The van der Waals surface area contributed by atoms with Gasteiger partial charge >= 0.3 is 5.97 Å². The third kappa shape index (κ3) is 4.30. The van der Waals surface area contributed by atoms with E-state index in [1.807, 2.05) is 18.2 Å². The van der Waals surface area contributed by atoms with Crippen LogP contribution in [0.1, 0.15) is 25.7 Å². The number of carboxylic acids is 1. The molecular formula is C18H22N2O5S. The highest BCUT2D eigenvalue weighted by Crippen LogP contribution is 2.34. The Bertz CT molecular complexity index is 669. The van der Waals surface area contributed by atoms with Gasteiger partial charge in [-0.25, -0.2) is 4.79 Å². The number of ether oxygens (including phenoxy) is 1. The van der Waals surface area contributed by atoms with Crippen LogP contribution in [-0.4, -0.2) is 57.6 Å². The fourth-order valence-electron chi connectivity index (χ4n) is 3.33. The molecule has 0 aliphatic carbocycles. The minimum atomic E-state index is -0.983. The van der Waals surface area contributed by atoms with Crippen molar-refractivity contribution in [3.05, 3.63) is 30.3 Å². The number of hydrogen-bond acceptors (Lipinski definition) is 5. The maximum atomic E-state index is 12.9. The van der Waals surface area contributed by atoms with Crippen LogP contribution in [0.4, 0.5) is 0 Å². The second kappa shape index (κ2) is 8.44. The molecule has 2 aliphatic rings. The first kappa shape index (κ1) is 18.6. The first-order chi connectivity index (χ1) is 12.6. The molecule has 2 amide bonds. The zero-order chi connectivity index (χ0) is 18.5. The summed E-state index contributed by atoms with van der Waals surface area (Å²) in [5.41, 5.74) is 0. The number of hydrogen-bond donors (Lipinski definition) is 2. The molecule has 1 aromatic rings. The molecule has 26 heavy (non-hydrogen) atoms. The first-order valence-electron chi connectivity index (χ1n) is 8.70. The second-order valence-electron chi connectivity index (χ2n) is 6.37. The number of carboxylic acid groups (broad SMARTS) is 1. The van der Waals surface area contributed by atoms with Crippen LogP contribution in [0.3, 0.4) is 0 Å². The second-order valence-corrected chi connectivity index (χ2v) is 7.65. The molecular weight excluding hydrogens is 356 g/mol. The van der Waals surface area contributed by atoms with Crippen LogP contribution >= 0.6 is 11.8 Å². The SMILES string of the molecule is O=C(COc1ccccc1)N[C@H]1CCSC2CCC[C@@H](C(=O)O)N2C1=O. The highest BCUT2D eigenvalue weighted by Gasteiger charge is 2.43. The van der Waals surface area contributed by atoms with Crippen molar-refractivity contribution < 1.29 is 24.2 Å². The number of carbonyl (C=O) groups is 3. The van der Waals surface area contributed by atoms with E-state index in [9.17, 15) is 19.5 Å². The van der Waals surface area contributed by atoms with Gasteiger partial charge in [0.05, 0.1) is 5.37 Å². The summed E-state index contributed by atoms with van der Waals surface area (Å²) in [5, 5.41) is 12.0. The van der Waals surface area contributed by atoms with E-state index in [1.165, 1.54) is 4.90 Å². The van der Waals surface area contributed by atoms with E-state index in [4.69, 9.17) is 4.74 Å². The highest BCUT2D eigenvalue weighted by atomic mass is 32.2. The Kier molecular flexibility index (Phi) is 6.03. The van der Waals surface area contributed by atoms with Crippen LogP contribution in [0, 0.1) is 0 Å². The van der Waals surface area contributed by atoms with Gasteiger partial charge in [-0.05, 0) is 43.6 Å². The highest BCUT2D eigenvalue weighted by molar-refractivity contribution is 7.99. The molecule has 2 saturated heterocycles. The molecule has 7 nitrogen and oxygen atoms in total. The zero-order valence-corrected chi connectivity index (χ0v) is 15.1. The maximum absolute atomic E-state index is 12.9. The van der Waals surface area contributed by atoms with E-state index in [2.05, 4.69) is 5.32 Å². The summed E-state index contributed by atoms with van der Waals surface area (Å²) in [6.07, 6.45) is 2.52. The summed E-state index contributed by atoms with van der Waals surface area (Å²) in [6, 6.07) is 7.44. The fraction of sp³-hybridized carbons (Fsp3) is 0.500. The van der Waals surface area contributed by atoms with Gasteiger partial charge in [0.1, 0.15) is 17.8 Å². The third-order valence-corrected chi connectivity index (χ3v) is 5.90. The van der Waals surface area contributed by atoms with Gasteiger partial charge in [0, 0.05) is 0 Å². The molecule has 3 rings (SSSR count). The molecule has 0 bridgehead atoms. The Morgan fingerprint density at radius 3 is 2.73 bits per heavy atom. The predicted molar refractivity (Wildman–Crippen MR) is 96.9 cm³/mol. The molecule has 2 N–H and O–H groups in total. The number of nitrogens with zero attached hydrogens (tertiary/aromatic N) is 1. The van der Waals surface area contributed by atoms with Crippen molar-refractivity contribution in [3.63, 3.8) is 0 Å². The minimum Gasteiger partial charge on any atom is -0.484 e. The molecule has 1 unspecified atom stereocenters. The number of aliphatic carboxylic acids is 1. The maximum Gasteiger partial charge on any atom is 0.326 e. The summed E-state index contributed by atoms with van der Waals surface area (Å²) >= 11 is 1.59. The zero-order valence-electron chi connectivity index (χ0n) is 14.3. The third-order valence-electron chi connectivity index (χ3n) is 4.58. The number of rotatable bonds is 5. The summed E-state index contributed by atoms with van der Waals surface area (Å²) < 4.78 is 5.41. The lowest BCUT2D eigenvalue weighted by Gasteiger charge is -2.39. The number of piperidine rings is 1. The molecule has 0 spiro atoms. The van der Waals surface area contributed by atoms with Crippen molar-refractivity contribution in [1.29, 1.82) is 0 Å². The summed E-state index contributed by atoms with van der Waals surface area (Å²) in [5.74, 6) is -0.404. The van der Waals surface area contributed by atoms with Gasteiger partial charge in [0.2, 0.25) is 5.91 Å². The van der Waals surface area contributed by atoms with Gasteiger partial charge in [-0.2, -0.15) is 0 Å². The van der Waals surface area contributed by atoms with E-state index in [0.717, 1.165) is 12.8 Å². The van der Waals surface area contributed by atoms with E-state index in [1.54, 1.807) is 23.9 Å². The van der Waals surface area contributed by atoms with Crippen molar-refractivity contribution in [2.24, 2.45) is 0 Å². The fourth-order valence-corrected chi connectivity index (χ4v) is 4.72. The smallest absolute Gasteiger partial charge is 0.326 e. The van der Waals surface area contributed by atoms with Crippen molar-refractivity contribution >= 4 is 29.5 Å². The summed E-state index contributed by atoms with van der Waals surface area (Å²) in [4.78, 5) is 38.1. The Balaban J connectivity index is 1.62. The van der Waals surface area contributed by atoms with Crippen molar-refractivity contribution in [1.82, 2.24) is 10.2 Å². The number of benzene rings is 1. The van der Waals surface area contributed by atoms with Gasteiger partial charge in [-0.1, -0.05) is 18.2 Å². The lowest BCUT2D eigenvalue weighted by Crippen LogP contribution is -2.57. The average Bonchev–Trinajstić information content (AvgIpc) is 2.80. The van der Waals surface area contributed by atoms with Gasteiger partial charge < -0.3 is 20.1 Å². The van der Waals surface area contributed by atoms with Gasteiger partial charge in [0.25, 0.3) is 5.91 Å². The van der Waals surface area contributed by atoms with E-state index >= 15 is 0 Å². The molecule has 8 heteroatoms. The number of nitrogens with one attached hydrogen (secondary N) is 1. The van der Waals surface area contributed by atoms with Gasteiger partial charge in [-0.15, -0.1) is 11.8 Å². The Labute approximate surface area is 156 Å². The van der Waals surface area contributed by atoms with Crippen LogP contribution in [0.2, 0.25) is 0 Å². The Morgan fingerprint density at radius 2 is 2.00 bits per heavy atom. The van der Waals surface area contributed by atoms with Crippen LogP contribution in [0.15, 0.2) is 30.3 Å². The number of carbonyl (C=O) groups excluding carboxylic acids is 2. The van der Waals surface area contributed by atoms with Crippen molar-refractivity contribution in [2.75, 3.05) is 12.4 Å². The van der Waals surface area contributed by atoms with E-state index < -0.39 is 18.1 Å². The monoisotopic (exact) mass is 378 g/mol. The summed E-state index contributed by atoms with van der Waals surface area (Å²) in [7, 11) is 0. The van der Waals surface area contributed by atoms with E-state index in [-0.39, 0.29) is 23.8 Å². The van der Waals surface area contributed by atoms with Crippen molar-refractivity contribution in [2.45, 2.75) is 43.1 Å². The molecule has 2 heterocycles. The quantitative estimate of drug-likeness (QED) is 0.806. The van der Waals surface area contributed by atoms with Gasteiger partial charge in [0.15, 0.2) is 6.61 Å². The Hall–Kier alpha value is -2.22. The molecule has 0 aromatic heterocycles. The lowest BCUT2D eigenvalue weighted by atomic mass is 10.0. The van der Waals surface area contributed by atoms with Crippen LogP contribution in [0.25, 0.3) is 0 Å². The summed E-state index contributed by atoms with van der Waals surface area (Å²) in [6.45, 7) is -0.188. The van der Waals surface area contributed by atoms with Crippen molar-refractivity contribution in [3.8, 4) is 5.75 Å². The number of para-hydroxylation sites is 1. The van der Waals surface area contributed by atoms with Crippen LogP contribution in [-0.2, 0) is 14.4 Å². The lowest BCUT2D eigenvalue weighted by molar-refractivity contribution is -0.154. The minimum absolute atomic E-state index is 0.125. The van der Waals surface area contributed by atoms with Crippen LogP contribution in [0.5, 0.6) is 5.75 Å². The molecule has 2 fully saturated rings. The molecule has 2 aliphatic heterocycles. The van der Waals surface area contributed by atoms with E-state index in [0.29, 0.717) is 24.3 Å². The standard InChI is InChI=1S/C18H22N2O5S/c21-15(11-25-12-5-2-1-3-6-12)19-13-9-10-26-16-8-4-7-14(18(23)24)20(16)17(13)22/h1-3,5-6,13-14,16H,4,7-11H2,(H,19,21)(H,23,24)/t13-,14-,16?/m0/s1. The largest absolute Gasteiger partial charge is 0.484 e. The van der Waals surface area contributed by atoms with Crippen LogP contribution < -0.4 is 10.1 Å². The normalized spacial score (nSPS) is 25.8. The molecule has 0 radical (unpaired) electrons. The molecule has 0 saturated carbocycles. The topological polar surface area (TPSA) is 95.9 Å². The predicted octanol–water partition coefficient (Wildman–Crippen LogP) is 1.48. The van der Waals surface area contributed by atoms with Gasteiger partial charge in [-0.3, -0.25) is 9.59 Å². The molecule has 3 atom stereocenters. The Morgan fingerprint density at radius 1 is 1.23 bits per heavy atom. The average molecular weight is 378 g/mol.